The molecule has 6 nitrogen and oxygen atoms in total. The molecular weight excluding hydrogens is 440 g/mol. The number of aromatic nitrogens is 1. The van der Waals surface area contributed by atoms with E-state index in [0.29, 0.717) is 18.6 Å². The van der Waals surface area contributed by atoms with Crippen molar-refractivity contribution in [2.45, 2.75) is 76.6 Å². The summed E-state index contributed by atoms with van der Waals surface area (Å²) < 4.78 is 18.4. The minimum absolute atomic E-state index is 0.0284. The summed E-state index contributed by atoms with van der Waals surface area (Å²) in [6.07, 6.45) is 7.88. The molecule has 6 heteroatoms. The highest BCUT2D eigenvalue weighted by atomic mass is 16.5. The van der Waals surface area contributed by atoms with Crippen molar-refractivity contribution in [3.8, 4) is 0 Å². The summed E-state index contributed by atoms with van der Waals surface area (Å²) in [4.78, 5) is 19.7. The van der Waals surface area contributed by atoms with Crippen molar-refractivity contribution in [2.24, 2.45) is 0 Å². The van der Waals surface area contributed by atoms with Crippen LogP contribution in [0.5, 0.6) is 0 Å². The van der Waals surface area contributed by atoms with Gasteiger partial charge in [-0.2, -0.15) is 0 Å². The number of pyridine rings is 1. The summed E-state index contributed by atoms with van der Waals surface area (Å²) in [5, 5.41) is 0. The van der Waals surface area contributed by atoms with Gasteiger partial charge < -0.3 is 19.1 Å². The number of ether oxygens (including phenoxy) is 3. The predicted octanol–water partition coefficient (Wildman–Crippen LogP) is 5.77. The summed E-state index contributed by atoms with van der Waals surface area (Å²) in [5.74, 6) is 1.06. The first-order valence-electron chi connectivity index (χ1n) is 13.3. The zero-order chi connectivity index (χ0) is 24.5. The van der Waals surface area contributed by atoms with Crippen LogP contribution in [0.1, 0.15) is 80.8 Å². The van der Waals surface area contributed by atoms with Crippen LogP contribution in [0.2, 0.25) is 0 Å². The Morgan fingerprint density at radius 3 is 2.60 bits per heavy atom. The van der Waals surface area contributed by atoms with E-state index in [9.17, 15) is 4.79 Å². The van der Waals surface area contributed by atoms with Crippen LogP contribution in [0.15, 0.2) is 48.7 Å². The number of hydrogen-bond donors (Lipinski definition) is 0. The second-order valence-corrected chi connectivity index (χ2v) is 9.75. The van der Waals surface area contributed by atoms with E-state index in [1.807, 2.05) is 18.2 Å². The maximum Gasteiger partial charge on any atom is 0.164 e. The first-order valence-corrected chi connectivity index (χ1v) is 13.3. The fourth-order valence-electron chi connectivity index (χ4n) is 5.52. The Morgan fingerprint density at radius 2 is 1.91 bits per heavy atom. The molecule has 0 spiro atoms. The average molecular weight is 481 g/mol. The van der Waals surface area contributed by atoms with Gasteiger partial charge in [0, 0.05) is 50.7 Å². The highest BCUT2D eigenvalue weighted by Crippen LogP contribution is 2.43. The fourth-order valence-corrected chi connectivity index (χ4v) is 5.52. The van der Waals surface area contributed by atoms with E-state index in [1.165, 1.54) is 5.56 Å². The molecule has 1 aromatic heterocycles. The van der Waals surface area contributed by atoms with Crippen LogP contribution in [-0.4, -0.2) is 55.4 Å². The van der Waals surface area contributed by atoms with Gasteiger partial charge in [-0.25, -0.2) is 4.98 Å². The Morgan fingerprint density at radius 1 is 1.11 bits per heavy atom. The Balaban J connectivity index is 1.38. The molecule has 35 heavy (non-hydrogen) atoms. The molecule has 0 saturated carbocycles. The van der Waals surface area contributed by atoms with Crippen molar-refractivity contribution < 1.29 is 19.0 Å². The maximum absolute atomic E-state index is 12.9. The van der Waals surface area contributed by atoms with Crippen molar-refractivity contribution in [1.29, 1.82) is 0 Å². The van der Waals surface area contributed by atoms with Gasteiger partial charge in [-0.3, -0.25) is 4.79 Å². The van der Waals surface area contributed by atoms with E-state index in [-0.39, 0.29) is 23.6 Å². The Hall–Kier alpha value is -2.28. The number of carbonyl (C=O) groups is 1. The maximum atomic E-state index is 12.9. The number of rotatable bonds is 11. The second kappa shape index (κ2) is 12.6. The summed E-state index contributed by atoms with van der Waals surface area (Å²) in [7, 11) is 0. The van der Waals surface area contributed by atoms with E-state index in [1.54, 1.807) is 6.20 Å². The summed E-state index contributed by atoms with van der Waals surface area (Å²) in [6, 6.07) is 14.3. The van der Waals surface area contributed by atoms with Gasteiger partial charge in [-0.1, -0.05) is 43.7 Å². The van der Waals surface area contributed by atoms with E-state index in [0.717, 1.165) is 70.6 Å². The molecule has 0 aliphatic carbocycles. The first-order chi connectivity index (χ1) is 17.1. The molecule has 2 saturated heterocycles. The van der Waals surface area contributed by atoms with Gasteiger partial charge in [-0.15, -0.1) is 0 Å². The lowest BCUT2D eigenvalue weighted by Crippen LogP contribution is -2.44. The number of carbonyl (C=O) groups excluding carboxylic acids is 1. The number of Topliss-reactive ketones (excluding diaryl/α,β-unsaturated/α-hetero) is 1. The van der Waals surface area contributed by atoms with Crippen molar-refractivity contribution in [2.75, 3.05) is 37.8 Å². The SMILES string of the molecule is CCCC1(CCCC(=O)c2ccc(N3CCOCC3)nc2)CC(OCC)CC(c2ccccc2)O1. The molecule has 3 unspecified atom stereocenters. The molecule has 0 bridgehead atoms. The first kappa shape index (κ1) is 25.8. The number of hydrogen-bond acceptors (Lipinski definition) is 6. The van der Waals surface area contributed by atoms with E-state index < -0.39 is 0 Å². The van der Waals surface area contributed by atoms with Crippen LogP contribution in [0.25, 0.3) is 0 Å². The number of ketones is 1. The quantitative estimate of drug-likeness (QED) is 0.381. The Bertz CT molecular complexity index is 914. The normalized spacial score (nSPS) is 24.9. The monoisotopic (exact) mass is 480 g/mol. The van der Waals surface area contributed by atoms with Crippen LogP contribution in [-0.2, 0) is 14.2 Å². The van der Waals surface area contributed by atoms with Crippen molar-refractivity contribution in [3.05, 3.63) is 59.8 Å². The molecule has 2 aliphatic rings. The van der Waals surface area contributed by atoms with E-state index in [4.69, 9.17) is 14.2 Å². The molecule has 0 amide bonds. The number of nitrogens with zero attached hydrogens (tertiary/aromatic N) is 2. The molecule has 1 aromatic carbocycles. The molecule has 3 atom stereocenters. The van der Waals surface area contributed by atoms with Crippen molar-refractivity contribution in [3.63, 3.8) is 0 Å². The molecule has 3 heterocycles. The van der Waals surface area contributed by atoms with Gasteiger partial charge in [0.15, 0.2) is 5.78 Å². The van der Waals surface area contributed by atoms with Crippen LogP contribution in [0.4, 0.5) is 5.82 Å². The Labute approximate surface area is 210 Å². The third kappa shape index (κ3) is 6.90. The smallest absolute Gasteiger partial charge is 0.164 e. The molecule has 2 aliphatic heterocycles. The van der Waals surface area contributed by atoms with E-state index >= 15 is 0 Å². The zero-order valence-electron chi connectivity index (χ0n) is 21.3. The summed E-state index contributed by atoms with van der Waals surface area (Å²) >= 11 is 0. The lowest BCUT2D eigenvalue weighted by atomic mass is 9.80. The molecule has 190 valence electrons. The highest BCUT2D eigenvalue weighted by Gasteiger charge is 2.41. The predicted molar refractivity (Wildman–Crippen MR) is 138 cm³/mol. The molecular formula is C29H40N2O4. The van der Waals surface area contributed by atoms with E-state index in [2.05, 4.69) is 48.0 Å². The summed E-state index contributed by atoms with van der Waals surface area (Å²) in [5.41, 5.74) is 1.64. The van der Waals surface area contributed by atoms with Crippen molar-refractivity contribution in [1.82, 2.24) is 4.98 Å². The number of anilines is 1. The third-order valence-corrected chi connectivity index (χ3v) is 7.19. The highest BCUT2D eigenvalue weighted by molar-refractivity contribution is 5.95. The fraction of sp³-hybridized carbons (Fsp3) is 0.586. The third-order valence-electron chi connectivity index (χ3n) is 7.19. The minimum atomic E-state index is -0.258. The van der Waals surface area contributed by atoms with Crippen LogP contribution >= 0.6 is 0 Å². The van der Waals surface area contributed by atoms with Crippen LogP contribution in [0.3, 0.4) is 0 Å². The largest absolute Gasteiger partial charge is 0.378 e. The van der Waals surface area contributed by atoms with Gasteiger partial charge in [0.2, 0.25) is 0 Å². The topological polar surface area (TPSA) is 60.9 Å². The number of benzene rings is 1. The minimum Gasteiger partial charge on any atom is -0.378 e. The number of morpholine rings is 1. The van der Waals surface area contributed by atoms with Gasteiger partial charge in [0.25, 0.3) is 0 Å². The Kier molecular flexibility index (Phi) is 9.30. The van der Waals surface area contributed by atoms with Gasteiger partial charge >= 0.3 is 0 Å². The van der Waals surface area contributed by atoms with Gasteiger partial charge in [0.1, 0.15) is 5.82 Å². The molecule has 2 fully saturated rings. The lowest BCUT2D eigenvalue weighted by molar-refractivity contribution is -0.182. The standard InChI is InChI=1S/C29H40N2O4/c1-3-14-29(21-25(34-4-2)20-27(35-29)23-9-6-5-7-10-23)15-8-11-26(32)24-12-13-28(30-22-24)31-16-18-33-19-17-31/h5-7,9-10,12-13,22,25,27H,3-4,8,11,14-21H2,1-2H3. The molecule has 4 rings (SSSR count). The molecule has 0 N–H and O–H groups in total. The van der Waals surface area contributed by atoms with Crippen LogP contribution < -0.4 is 4.90 Å². The van der Waals surface area contributed by atoms with Gasteiger partial charge in [0.05, 0.1) is 31.0 Å². The lowest BCUT2D eigenvalue weighted by Gasteiger charge is -2.45. The average Bonchev–Trinajstić information content (AvgIpc) is 2.90. The zero-order valence-corrected chi connectivity index (χ0v) is 21.3. The van der Waals surface area contributed by atoms with Crippen molar-refractivity contribution >= 4 is 11.6 Å². The molecule has 0 radical (unpaired) electrons. The second-order valence-electron chi connectivity index (χ2n) is 9.75. The molecule has 2 aromatic rings. The summed E-state index contributed by atoms with van der Waals surface area (Å²) in [6.45, 7) is 8.10. The van der Waals surface area contributed by atoms with Gasteiger partial charge in [-0.05, 0) is 43.9 Å². The van der Waals surface area contributed by atoms with Crippen LogP contribution in [0, 0.1) is 0 Å².